The minimum Gasteiger partial charge on any atom is -0.490 e. The standard InChI is InChI=1S/C13H14BrNO4S/c14-8-4-7(12-15-9(6-20-12)13(16)17)5-10-11(8)19-3-1-2-18-10/h4-5,9,12,15H,1-3,6H2,(H,16,17). The predicted molar refractivity (Wildman–Crippen MR) is 79.5 cm³/mol. The summed E-state index contributed by atoms with van der Waals surface area (Å²) in [5, 5.41) is 12.1. The number of hydrogen-bond donors (Lipinski definition) is 2. The fourth-order valence-electron chi connectivity index (χ4n) is 2.21. The van der Waals surface area contributed by atoms with Crippen molar-refractivity contribution in [3.05, 3.63) is 22.2 Å². The number of thioether (sulfide) groups is 1. The highest BCUT2D eigenvalue weighted by Crippen LogP contribution is 2.42. The summed E-state index contributed by atoms with van der Waals surface area (Å²) in [5.74, 6) is 1.19. The molecule has 0 aromatic heterocycles. The molecule has 1 saturated heterocycles. The van der Waals surface area contributed by atoms with Crippen LogP contribution in [0.4, 0.5) is 0 Å². The van der Waals surface area contributed by atoms with Gasteiger partial charge >= 0.3 is 5.97 Å². The summed E-state index contributed by atoms with van der Waals surface area (Å²) in [4.78, 5) is 11.0. The SMILES string of the molecule is O=C(O)C1CSC(c2cc(Br)c3c(c2)OCCCO3)N1. The number of ether oxygens (including phenoxy) is 2. The van der Waals surface area contributed by atoms with E-state index in [9.17, 15) is 4.79 Å². The third-order valence-electron chi connectivity index (χ3n) is 3.21. The number of rotatable bonds is 2. The molecule has 108 valence electrons. The van der Waals surface area contributed by atoms with Gasteiger partial charge in [0.1, 0.15) is 6.04 Å². The van der Waals surface area contributed by atoms with Crippen molar-refractivity contribution in [3.63, 3.8) is 0 Å². The maximum atomic E-state index is 11.0. The minimum atomic E-state index is -0.812. The van der Waals surface area contributed by atoms with E-state index in [-0.39, 0.29) is 5.37 Å². The highest BCUT2D eigenvalue weighted by Gasteiger charge is 2.31. The maximum absolute atomic E-state index is 11.0. The smallest absolute Gasteiger partial charge is 0.321 e. The van der Waals surface area contributed by atoms with Crippen molar-refractivity contribution in [1.29, 1.82) is 0 Å². The van der Waals surface area contributed by atoms with Crippen molar-refractivity contribution in [2.45, 2.75) is 17.8 Å². The molecule has 1 aromatic carbocycles. The zero-order valence-electron chi connectivity index (χ0n) is 10.6. The highest BCUT2D eigenvalue weighted by atomic mass is 79.9. The molecule has 2 aliphatic heterocycles. The summed E-state index contributed by atoms with van der Waals surface area (Å²) >= 11 is 5.09. The Morgan fingerprint density at radius 3 is 2.95 bits per heavy atom. The van der Waals surface area contributed by atoms with Gasteiger partial charge in [0.25, 0.3) is 0 Å². The fourth-order valence-corrected chi connectivity index (χ4v) is 4.00. The van der Waals surface area contributed by atoms with Crippen molar-refractivity contribution in [3.8, 4) is 11.5 Å². The molecular weight excluding hydrogens is 346 g/mol. The summed E-state index contributed by atoms with van der Waals surface area (Å²) in [6, 6.07) is 3.39. The molecule has 1 aromatic rings. The summed E-state index contributed by atoms with van der Waals surface area (Å²) in [5.41, 5.74) is 0.995. The Labute approximate surface area is 129 Å². The van der Waals surface area contributed by atoms with E-state index in [2.05, 4.69) is 21.2 Å². The van der Waals surface area contributed by atoms with E-state index in [1.165, 1.54) is 0 Å². The molecule has 0 bridgehead atoms. The van der Waals surface area contributed by atoms with E-state index in [0.29, 0.717) is 24.7 Å². The van der Waals surface area contributed by atoms with Crippen LogP contribution in [-0.2, 0) is 4.79 Å². The third kappa shape index (κ3) is 2.75. The van der Waals surface area contributed by atoms with E-state index >= 15 is 0 Å². The summed E-state index contributed by atoms with van der Waals surface area (Å²) in [7, 11) is 0. The van der Waals surface area contributed by atoms with E-state index in [0.717, 1.165) is 22.2 Å². The lowest BCUT2D eigenvalue weighted by atomic mass is 10.2. The lowest BCUT2D eigenvalue weighted by Gasteiger charge is -2.16. The van der Waals surface area contributed by atoms with Crippen LogP contribution in [0.3, 0.4) is 0 Å². The monoisotopic (exact) mass is 359 g/mol. The molecule has 2 heterocycles. The van der Waals surface area contributed by atoms with Crippen LogP contribution in [0.1, 0.15) is 17.4 Å². The second-order valence-electron chi connectivity index (χ2n) is 4.65. The van der Waals surface area contributed by atoms with Crippen LogP contribution in [0.25, 0.3) is 0 Å². The molecule has 3 rings (SSSR count). The molecule has 20 heavy (non-hydrogen) atoms. The Morgan fingerprint density at radius 2 is 2.20 bits per heavy atom. The number of benzene rings is 1. The average molecular weight is 360 g/mol. The van der Waals surface area contributed by atoms with Crippen molar-refractivity contribution < 1.29 is 19.4 Å². The first kappa shape index (κ1) is 14.0. The largest absolute Gasteiger partial charge is 0.490 e. The molecule has 2 atom stereocenters. The number of hydrogen-bond acceptors (Lipinski definition) is 5. The topological polar surface area (TPSA) is 67.8 Å². The van der Waals surface area contributed by atoms with Crippen LogP contribution in [0.15, 0.2) is 16.6 Å². The molecule has 2 unspecified atom stereocenters. The van der Waals surface area contributed by atoms with Crippen LogP contribution in [-0.4, -0.2) is 36.1 Å². The summed E-state index contributed by atoms with van der Waals surface area (Å²) in [6.45, 7) is 1.27. The van der Waals surface area contributed by atoms with E-state index in [1.807, 2.05) is 12.1 Å². The Morgan fingerprint density at radius 1 is 1.40 bits per heavy atom. The first-order valence-electron chi connectivity index (χ1n) is 6.34. The van der Waals surface area contributed by atoms with Gasteiger partial charge in [0.2, 0.25) is 0 Å². The van der Waals surface area contributed by atoms with Crippen LogP contribution >= 0.6 is 27.7 Å². The van der Waals surface area contributed by atoms with E-state index < -0.39 is 12.0 Å². The fraction of sp³-hybridized carbons (Fsp3) is 0.462. The number of halogens is 1. The van der Waals surface area contributed by atoms with Gasteiger partial charge in [-0.25, -0.2) is 0 Å². The zero-order chi connectivity index (χ0) is 14.1. The maximum Gasteiger partial charge on any atom is 0.321 e. The van der Waals surface area contributed by atoms with Crippen LogP contribution in [0.5, 0.6) is 11.5 Å². The number of carbonyl (C=O) groups is 1. The van der Waals surface area contributed by atoms with E-state index in [1.54, 1.807) is 11.8 Å². The Balaban J connectivity index is 1.86. The van der Waals surface area contributed by atoms with Crippen molar-refractivity contribution in [2.75, 3.05) is 19.0 Å². The lowest BCUT2D eigenvalue weighted by molar-refractivity contribution is -0.138. The van der Waals surface area contributed by atoms with Crippen LogP contribution < -0.4 is 14.8 Å². The molecular formula is C13H14BrNO4S. The van der Waals surface area contributed by atoms with Gasteiger partial charge < -0.3 is 14.6 Å². The minimum absolute atomic E-state index is 0.0375. The number of carboxylic acids is 1. The molecule has 0 spiro atoms. The van der Waals surface area contributed by atoms with Gasteiger partial charge in [0.05, 0.1) is 23.1 Å². The summed E-state index contributed by atoms with van der Waals surface area (Å²) < 4.78 is 12.2. The van der Waals surface area contributed by atoms with E-state index in [4.69, 9.17) is 14.6 Å². The Bertz CT molecular complexity index is 539. The molecule has 2 aliphatic rings. The third-order valence-corrected chi connectivity index (χ3v) is 5.06. The number of carboxylic acid groups (broad SMARTS) is 1. The molecule has 0 aliphatic carbocycles. The molecule has 1 fully saturated rings. The van der Waals surface area contributed by atoms with Gasteiger partial charge in [-0.05, 0) is 33.6 Å². The van der Waals surface area contributed by atoms with Crippen LogP contribution in [0.2, 0.25) is 0 Å². The number of aliphatic carboxylic acids is 1. The highest BCUT2D eigenvalue weighted by molar-refractivity contribution is 9.10. The van der Waals surface area contributed by atoms with Crippen molar-refractivity contribution >= 4 is 33.7 Å². The normalized spacial score (nSPS) is 25.2. The first-order chi connectivity index (χ1) is 9.65. The van der Waals surface area contributed by atoms with Gasteiger partial charge in [0.15, 0.2) is 11.5 Å². The van der Waals surface area contributed by atoms with Gasteiger partial charge in [-0.3, -0.25) is 10.1 Å². The van der Waals surface area contributed by atoms with Crippen molar-refractivity contribution in [1.82, 2.24) is 5.32 Å². The lowest BCUT2D eigenvalue weighted by Crippen LogP contribution is -2.33. The summed E-state index contributed by atoms with van der Waals surface area (Å²) in [6.07, 6.45) is 0.855. The van der Waals surface area contributed by atoms with Crippen LogP contribution in [0, 0.1) is 0 Å². The second kappa shape index (κ2) is 5.83. The first-order valence-corrected chi connectivity index (χ1v) is 8.19. The van der Waals surface area contributed by atoms with Gasteiger partial charge in [-0.2, -0.15) is 0 Å². The number of nitrogens with one attached hydrogen (secondary N) is 1. The quantitative estimate of drug-likeness (QED) is 0.844. The Hall–Kier alpha value is -0.920. The van der Waals surface area contributed by atoms with Gasteiger partial charge in [0, 0.05) is 12.2 Å². The van der Waals surface area contributed by atoms with Gasteiger partial charge in [-0.1, -0.05) is 0 Å². The zero-order valence-corrected chi connectivity index (χ0v) is 13.0. The van der Waals surface area contributed by atoms with Crippen molar-refractivity contribution in [2.24, 2.45) is 0 Å². The molecule has 5 nitrogen and oxygen atoms in total. The molecule has 0 saturated carbocycles. The average Bonchev–Trinajstić information content (AvgIpc) is 2.79. The predicted octanol–water partition coefficient (Wildman–Crippen LogP) is 2.40. The molecule has 2 N–H and O–H groups in total. The Kier molecular flexibility index (Phi) is 4.09. The van der Waals surface area contributed by atoms with Gasteiger partial charge in [-0.15, -0.1) is 11.8 Å². The second-order valence-corrected chi connectivity index (χ2v) is 6.64. The molecule has 7 heteroatoms. The molecule has 0 radical (unpaired) electrons. The number of fused-ring (bicyclic) bond motifs is 1. The molecule has 0 amide bonds.